The Balaban J connectivity index is 2.06. The maximum Gasteiger partial charge on any atom is 0.320 e. The van der Waals surface area contributed by atoms with Gasteiger partial charge in [0.05, 0.1) is 0 Å². The molecule has 6 nitrogen and oxygen atoms in total. The number of nitrogens with one attached hydrogen (secondary N) is 2. The molecule has 1 saturated carbocycles. The van der Waals surface area contributed by atoms with Crippen molar-refractivity contribution < 1.29 is 14.4 Å². The molecule has 0 unspecified atom stereocenters. The number of amides is 2. The number of urea groups is 1. The number of anilines is 1. The third-order valence-electron chi connectivity index (χ3n) is 3.49. The standard InChI is InChI=1S/C13H17FN4O2/c14-9-4-3-5-10(8-9)16-12(19)17-13(11(15)18-20)6-1-2-7-13/h3-5,8,20H,1-2,6-7H2,(H2,15,18)(H2,16,17,19). The summed E-state index contributed by atoms with van der Waals surface area (Å²) >= 11 is 0. The molecule has 20 heavy (non-hydrogen) atoms. The summed E-state index contributed by atoms with van der Waals surface area (Å²) < 4.78 is 13.0. The summed E-state index contributed by atoms with van der Waals surface area (Å²) in [5.41, 5.74) is 5.19. The zero-order valence-electron chi connectivity index (χ0n) is 10.9. The Morgan fingerprint density at radius 2 is 2.10 bits per heavy atom. The van der Waals surface area contributed by atoms with Crippen LogP contribution in [-0.4, -0.2) is 22.6 Å². The molecule has 1 aromatic carbocycles. The summed E-state index contributed by atoms with van der Waals surface area (Å²) in [4.78, 5) is 12.0. The second-order valence-electron chi connectivity index (χ2n) is 4.86. The van der Waals surface area contributed by atoms with Crippen molar-refractivity contribution in [2.75, 3.05) is 5.32 Å². The Kier molecular flexibility index (Phi) is 4.07. The Morgan fingerprint density at radius 3 is 2.70 bits per heavy atom. The van der Waals surface area contributed by atoms with E-state index in [1.54, 1.807) is 6.07 Å². The van der Waals surface area contributed by atoms with Crippen molar-refractivity contribution in [3.05, 3.63) is 30.1 Å². The lowest BCUT2D eigenvalue weighted by molar-refractivity contribution is 0.243. The highest BCUT2D eigenvalue weighted by atomic mass is 19.1. The van der Waals surface area contributed by atoms with Crippen LogP contribution in [0.25, 0.3) is 0 Å². The van der Waals surface area contributed by atoms with Crippen LogP contribution in [0.3, 0.4) is 0 Å². The van der Waals surface area contributed by atoms with Gasteiger partial charge < -0.3 is 21.6 Å². The highest BCUT2D eigenvalue weighted by Crippen LogP contribution is 2.30. The minimum Gasteiger partial charge on any atom is -0.409 e. The predicted octanol–water partition coefficient (Wildman–Crippen LogP) is 2.01. The second kappa shape index (κ2) is 5.77. The van der Waals surface area contributed by atoms with Crippen molar-refractivity contribution in [1.82, 2.24) is 5.32 Å². The fraction of sp³-hybridized carbons (Fsp3) is 0.385. The number of benzene rings is 1. The van der Waals surface area contributed by atoms with E-state index in [1.165, 1.54) is 18.2 Å². The number of halogens is 1. The van der Waals surface area contributed by atoms with Gasteiger partial charge in [-0.25, -0.2) is 9.18 Å². The molecule has 0 aromatic heterocycles. The third kappa shape index (κ3) is 2.98. The van der Waals surface area contributed by atoms with Crippen molar-refractivity contribution in [2.24, 2.45) is 10.9 Å². The minimum absolute atomic E-state index is 0.00982. The van der Waals surface area contributed by atoms with Gasteiger partial charge in [0.25, 0.3) is 0 Å². The Bertz CT molecular complexity index is 527. The summed E-state index contributed by atoms with van der Waals surface area (Å²) in [6, 6.07) is 5.07. The quantitative estimate of drug-likeness (QED) is 0.295. The second-order valence-corrected chi connectivity index (χ2v) is 4.86. The van der Waals surface area contributed by atoms with Gasteiger partial charge in [-0.15, -0.1) is 0 Å². The van der Waals surface area contributed by atoms with E-state index < -0.39 is 17.4 Å². The van der Waals surface area contributed by atoms with Crippen molar-refractivity contribution in [3.8, 4) is 0 Å². The largest absolute Gasteiger partial charge is 0.409 e. The predicted molar refractivity (Wildman–Crippen MR) is 73.2 cm³/mol. The lowest BCUT2D eigenvalue weighted by atomic mass is 9.96. The van der Waals surface area contributed by atoms with Gasteiger partial charge in [0, 0.05) is 5.69 Å². The van der Waals surface area contributed by atoms with Crippen molar-refractivity contribution >= 4 is 17.6 Å². The zero-order valence-corrected chi connectivity index (χ0v) is 10.9. The molecule has 0 bridgehead atoms. The topological polar surface area (TPSA) is 99.7 Å². The molecule has 1 fully saturated rings. The summed E-state index contributed by atoms with van der Waals surface area (Å²) in [6.45, 7) is 0. The van der Waals surface area contributed by atoms with Crippen LogP contribution in [0.4, 0.5) is 14.9 Å². The number of hydrogen-bond acceptors (Lipinski definition) is 3. The first-order valence-corrected chi connectivity index (χ1v) is 6.38. The molecule has 1 aliphatic rings. The molecule has 1 aromatic rings. The lowest BCUT2D eigenvalue weighted by Gasteiger charge is -2.28. The molecule has 0 spiro atoms. The number of hydrogen-bond donors (Lipinski definition) is 4. The van der Waals surface area contributed by atoms with E-state index in [-0.39, 0.29) is 5.84 Å². The summed E-state index contributed by atoms with van der Waals surface area (Å²) in [6.07, 6.45) is 2.99. The smallest absolute Gasteiger partial charge is 0.320 e. The van der Waals surface area contributed by atoms with Gasteiger partial charge >= 0.3 is 6.03 Å². The van der Waals surface area contributed by atoms with Gasteiger partial charge in [0.1, 0.15) is 11.4 Å². The van der Waals surface area contributed by atoms with Crippen molar-refractivity contribution in [3.63, 3.8) is 0 Å². The van der Waals surface area contributed by atoms with Crippen molar-refractivity contribution in [1.29, 1.82) is 0 Å². The third-order valence-corrected chi connectivity index (χ3v) is 3.49. The van der Waals surface area contributed by atoms with Gasteiger partial charge in [-0.3, -0.25) is 0 Å². The van der Waals surface area contributed by atoms with Gasteiger partial charge in [-0.1, -0.05) is 24.1 Å². The van der Waals surface area contributed by atoms with Gasteiger partial charge in [-0.2, -0.15) is 0 Å². The van der Waals surface area contributed by atoms with E-state index in [1.807, 2.05) is 0 Å². The Hall–Kier alpha value is -2.31. The molecular weight excluding hydrogens is 263 g/mol. The number of oxime groups is 1. The van der Waals surface area contributed by atoms with Crippen LogP contribution < -0.4 is 16.4 Å². The first kappa shape index (κ1) is 14.1. The first-order chi connectivity index (χ1) is 9.55. The molecule has 0 heterocycles. The van der Waals surface area contributed by atoms with E-state index in [9.17, 15) is 9.18 Å². The molecule has 0 saturated heterocycles. The summed E-state index contributed by atoms with van der Waals surface area (Å²) in [5, 5.41) is 17.1. The van der Waals surface area contributed by atoms with Gasteiger partial charge in [-0.05, 0) is 31.0 Å². The maximum absolute atomic E-state index is 13.0. The molecule has 7 heteroatoms. The SMILES string of the molecule is N/C(=N/O)C1(NC(=O)Nc2cccc(F)c2)CCCC1. The van der Waals surface area contributed by atoms with E-state index in [0.29, 0.717) is 18.5 Å². The molecule has 2 amide bonds. The molecule has 0 radical (unpaired) electrons. The number of rotatable bonds is 3. The fourth-order valence-electron chi connectivity index (χ4n) is 2.47. The normalized spacial score (nSPS) is 17.8. The molecule has 5 N–H and O–H groups in total. The Morgan fingerprint density at radius 1 is 1.40 bits per heavy atom. The van der Waals surface area contributed by atoms with Crippen LogP contribution in [0.5, 0.6) is 0 Å². The lowest BCUT2D eigenvalue weighted by Crippen LogP contribution is -2.56. The minimum atomic E-state index is -0.827. The van der Waals surface area contributed by atoms with Crippen LogP contribution in [-0.2, 0) is 0 Å². The van der Waals surface area contributed by atoms with Gasteiger partial charge in [0.15, 0.2) is 5.84 Å². The van der Waals surface area contributed by atoms with E-state index in [0.717, 1.165) is 12.8 Å². The number of amidine groups is 1. The van der Waals surface area contributed by atoms with E-state index >= 15 is 0 Å². The van der Waals surface area contributed by atoms with Crippen LogP contribution in [0, 0.1) is 5.82 Å². The molecular formula is C13H17FN4O2. The summed E-state index contributed by atoms with van der Waals surface area (Å²) in [5.74, 6) is -0.445. The van der Waals surface area contributed by atoms with E-state index in [4.69, 9.17) is 10.9 Å². The average molecular weight is 280 g/mol. The Labute approximate surface area is 115 Å². The zero-order chi connectivity index (χ0) is 14.6. The highest BCUT2D eigenvalue weighted by molar-refractivity contribution is 5.97. The molecule has 2 rings (SSSR count). The number of carbonyl (C=O) groups excluding carboxylic acids is 1. The van der Waals surface area contributed by atoms with Crippen molar-refractivity contribution in [2.45, 2.75) is 31.2 Å². The number of nitrogens with two attached hydrogens (primary N) is 1. The average Bonchev–Trinajstić information content (AvgIpc) is 2.87. The first-order valence-electron chi connectivity index (χ1n) is 6.38. The number of carbonyl (C=O) groups is 1. The van der Waals surface area contributed by atoms with Crippen LogP contribution in [0.2, 0.25) is 0 Å². The highest BCUT2D eigenvalue weighted by Gasteiger charge is 2.39. The fourth-order valence-corrected chi connectivity index (χ4v) is 2.47. The van der Waals surface area contributed by atoms with Crippen LogP contribution in [0.15, 0.2) is 29.4 Å². The van der Waals surface area contributed by atoms with Gasteiger partial charge in [0.2, 0.25) is 0 Å². The molecule has 0 aliphatic heterocycles. The maximum atomic E-state index is 13.0. The molecule has 108 valence electrons. The van der Waals surface area contributed by atoms with Crippen LogP contribution >= 0.6 is 0 Å². The van der Waals surface area contributed by atoms with Crippen LogP contribution in [0.1, 0.15) is 25.7 Å². The molecule has 1 aliphatic carbocycles. The molecule has 0 atom stereocenters. The number of nitrogens with zero attached hydrogens (tertiary/aromatic N) is 1. The summed E-state index contributed by atoms with van der Waals surface area (Å²) in [7, 11) is 0. The monoisotopic (exact) mass is 280 g/mol. The van der Waals surface area contributed by atoms with E-state index in [2.05, 4.69) is 15.8 Å².